The van der Waals surface area contributed by atoms with Gasteiger partial charge in [0.1, 0.15) is 11.4 Å². The van der Waals surface area contributed by atoms with E-state index in [0.29, 0.717) is 32.3 Å². The van der Waals surface area contributed by atoms with Crippen molar-refractivity contribution in [1.82, 2.24) is 0 Å². The summed E-state index contributed by atoms with van der Waals surface area (Å²) < 4.78 is 0. The third-order valence-electron chi connectivity index (χ3n) is 8.76. The first-order valence-electron chi connectivity index (χ1n) is 14.2. The molecule has 0 saturated carbocycles. The first-order chi connectivity index (χ1) is 22.0. The smallest absolute Gasteiger partial charge is 0.242 e. The SMILES string of the molecule is Nc1ccc(C2=CC3C(=O)N(c4c(O)c(O)c(N5C(=O)C6C=CC(c7ccc(N)cc7)=CC6C5=O)c(O)c4O)C(=O)C3C=C2)cc1. The van der Waals surface area contributed by atoms with Gasteiger partial charge in [0.15, 0.2) is 23.0 Å². The van der Waals surface area contributed by atoms with Gasteiger partial charge in [0.05, 0.1) is 23.7 Å². The normalized spacial score (nSPS) is 23.5. The molecule has 12 heteroatoms. The molecule has 7 rings (SSSR count). The lowest BCUT2D eigenvalue weighted by Crippen LogP contribution is -2.32. The summed E-state index contributed by atoms with van der Waals surface area (Å²) in [4.78, 5) is 55.0. The van der Waals surface area contributed by atoms with Crippen molar-refractivity contribution in [3.05, 3.63) is 96.1 Å². The highest BCUT2D eigenvalue weighted by Crippen LogP contribution is 2.58. The second kappa shape index (κ2) is 10.1. The summed E-state index contributed by atoms with van der Waals surface area (Å²) in [6.07, 6.45) is 9.49. The van der Waals surface area contributed by atoms with Crippen molar-refractivity contribution in [3.63, 3.8) is 0 Å². The van der Waals surface area contributed by atoms with E-state index < -0.39 is 81.7 Å². The molecule has 2 aliphatic carbocycles. The second-order valence-corrected chi connectivity index (χ2v) is 11.4. The number of allylic oxidation sites excluding steroid dienone is 4. The number of carbonyl (C=O) groups excluding carboxylic acids is 4. The minimum atomic E-state index is -1.18. The van der Waals surface area contributed by atoms with Crippen molar-refractivity contribution in [2.75, 3.05) is 21.3 Å². The Morgan fingerprint density at radius 1 is 0.478 bits per heavy atom. The molecule has 2 aliphatic heterocycles. The van der Waals surface area contributed by atoms with E-state index in [-0.39, 0.29) is 0 Å². The van der Waals surface area contributed by atoms with Crippen LogP contribution in [-0.4, -0.2) is 44.1 Å². The Labute approximate surface area is 261 Å². The summed E-state index contributed by atoms with van der Waals surface area (Å²) >= 11 is 0. The fraction of sp³-hybridized carbons (Fsp3) is 0.118. The van der Waals surface area contributed by atoms with Crippen molar-refractivity contribution in [2.24, 2.45) is 23.7 Å². The zero-order valence-electron chi connectivity index (χ0n) is 23.9. The van der Waals surface area contributed by atoms with Crippen LogP contribution in [0.15, 0.2) is 85.0 Å². The minimum absolute atomic E-state index is 0.480. The molecule has 3 aromatic rings. The molecule has 2 heterocycles. The van der Waals surface area contributed by atoms with E-state index in [0.717, 1.165) is 11.1 Å². The molecule has 8 N–H and O–H groups in total. The Balaban J connectivity index is 1.24. The van der Waals surface area contributed by atoms with Crippen molar-refractivity contribution in [3.8, 4) is 23.0 Å². The number of nitrogens with zero attached hydrogens (tertiary/aromatic N) is 2. The van der Waals surface area contributed by atoms with Gasteiger partial charge in [-0.15, -0.1) is 0 Å². The number of imide groups is 2. The second-order valence-electron chi connectivity index (χ2n) is 11.4. The molecule has 46 heavy (non-hydrogen) atoms. The van der Waals surface area contributed by atoms with Crippen molar-refractivity contribution in [2.45, 2.75) is 0 Å². The standard InChI is InChI=1S/C34H26N4O8/c35-19-7-1-15(2-8-19)17-5-11-21-23(13-17)33(45)37(31(21)43)25-27(39)29(41)26(30(42)28(25)40)38-32(44)22-12-6-18(14-24(22)34(38)46)16-3-9-20(36)10-4-16/h1-14,21-24,39-42H,35-36H2. The molecule has 4 aliphatic rings. The van der Waals surface area contributed by atoms with Gasteiger partial charge in [-0.2, -0.15) is 0 Å². The van der Waals surface area contributed by atoms with Gasteiger partial charge in [0, 0.05) is 11.4 Å². The lowest BCUT2D eigenvalue weighted by atomic mass is 9.86. The molecule has 2 fully saturated rings. The van der Waals surface area contributed by atoms with Crippen LogP contribution in [0, 0.1) is 23.7 Å². The van der Waals surface area contributed by atoms with Crippen LogP contribution < -0.4 is 21.3 Å². The molecular formula is C34H26N4O8. The molecule has 0 radical (unpaired) electrons. The van der Waals surface area contributed by atoms with Crippen LogP contribution in [0.25, 0.3) is 11.1 Å². The van der Waals surface area contributed by atoms with Crippen molar-refractivity contribution in [1.29, 1.82) is 0 Å². The summed E-state index contributed by atoms with van der Waals surface area (Å²) in [5.74, 6) is -12.1. The Bertz CT molecular complexity index is 1840. The average Bonchev–Trinajstić information content (AvgIpc) is 3.45. The van der Waals surface area contributed by atoms with Crippen LogP contribution in [-0.2, 0) is 19.2 Å². The number of fused-ring (bicyclic) bond motifs is 2. The fourth-order valence-electron chi connectivity index (χ4n) is 6.37. The number of benzene rings is 3. The average molecular weight is 619 g/mol. The molecule has 0 aromatic heterocycles. The third kappa shape index (κ3) is 4.07. The summed E-state index contributed by atoms with van der Waals surface area (Å²) in [7, 11) is 0. The van der Waals surface area contributed by atoms with Crippen molar-refractivity contribution >= 4 is 57.5 Å². The molecule has 12 nitrogen and oxygen atoms in total. The Kier molecular flexibility index (Phi) is 6.27. The molecule has 4 amide bonds. The van der Waals surface area contributed by atoms with Gasteiger partial charge in [-0.25, -0.2) is 9.80 Å². The molecule has 230 valence electrons. The van der Waals surface area contributed by atoms with Crippen LogP contribution in [0.5, 0.6) is 23.0 Å². The Hall–Kier alpha value is -6.30. The molecular weight excluding hydrogens is 592 g/mol. The maximum Gasteiger partial charge on any atom is 0.242 e. The van der Waals surface area contributed by atoms with E-state index in [4.69, 9.17) is 11.5 Å². The summed E-state index contributed by atoms with van der Waals surface area (Å²) in [6.45, 7) is 0. The predicted octanol–water partition coefficient (Wildman–Crippen LogP) is 3.19. The van der Waals surface area contributed by atoms with E-state index in [2.05, 4.69) is 0 Å². The highest BCUT2D eigenvalue weighted by molar-refractivity contribution is 6.28. The van der Waals surface area contributed by atoms with E-state index in [1.165, 1.54) is 12.2 Å². The lowest BCUT2D eigenvalue weighted by Gasteiger charge is -2.23. The first kappa shape index (κ1) is 28.5. The van der Waals surface area contributed by atoms with Gasteiger partial charge in [-0.3, -0.25) is 19.2 Å². The zero-order valence-corrected chi connectivity index (χ0v) is 23.9. The van der Waals surface area contributed by atoms with Gasteiger partial charge >= 0.3 is 0 Å². The number of hydrogen-bond acceptors (Lipinski definition) is 10. The van der Waals surface area contributed by atoms with E-state index in [9.17, 15) is 39.6 Å². The Morgan fingerprint density at radius 3 is 1.11 bits per heavy atom. The van der Waals surface area contributed by atoms with Crippen LogP contribution in [0.3, 0.4) is 0 Å². The molecule has 4 unspecified atom stereocenters. The highest BCUT2D eigenvalue weighted by Gasteiger charge is 2.52. The Morgan fingerprint density at radius 2 is 0.783 bits per heavy atom. The van der Waals surface area contributed by atoms with E-state index >= 15 is 0 Å². The van der Waals surface area contributed by atoms with Gasteiger partial charge in [-0.1, -0.05) is 60.7 Å². The number of amides is 4. The molecule has 2 saturated heterocycles. The lowest BCUT2D eigenvalue weighted by molar-refractivity contribution is -0.123. The maximum absolute atomic E-state index is 13.6. The number of phenols is 4. The number of aromatic hydroxyl groups is 4. The number of rotatable bonds is 4. The van der Waals surface area contributed by atoms with Crippen LogP contribution in [0.4, 0.5) is 22.7 Å². The fourth-order valence-corrected chi connectivity index (χ4v) is 6.37. The molecule has 0 spiro atoms. The molecule has 0 bridgehead atoms. The molecule has 3 aromatic carbocycles. The largest absolute Gasteiger partial charge is 0.503 e. The number of hydrogen-bond donors (Lipinski definition) is 6. The monoisotopic (exact) mass is 618 g/mol. The van der Waals surface area contributed by atoms with Gasteiger partial charge < -0.3 is 31.9 Å². The number of phenolic OH excluding ortho intramolecular Hbond substituents is 4. The van der Waals surface area contributed by atoms with E-state index in [1.54, 1.807) is 72.8 Å². The third-order valence-corrected chi connectivity index (χ3v) is 8.76. The zero-order chi connectivity index (χ0) is 32.6. The topological polar surface area (TPSA) is 208 Å². The summed E-state index contributed by atoms with van der Waals surface area (Å²) in [5, 5.41) is 44.3. The quantitative estimate of drug-likeness (QED) is 0.109. The number of carbonyl (C=O) groups is 4. The number of nitrogens with two attached hydrogens (primary N) is 2. The first-order valence-corrected chi connectivity index (χ1v) is 14.2. The van der Waals surface area contributed by atoms with Crippen LogP contribution in [0.2, 0.25) is 0 Å². The van der Waals surface area contributed by atoms with Crippen LogP contribution >= 0.6 is 0 Å². The summed E-state index contributed by atoms with van der Waals surface area (Å²) in [6, 6.07) is 13.7. The number of anilines is 4. The predicted molar refractivity (Wildman–Crippen MR) is 168 cm³/mol. The maximum atomic E-state index is 13.6. The van der Waals surface area contributed by atoms with Gasteiger partial charge in [0.25, 0.3) is 0 Å². The summed E-state index contributed by atoms with van der Waals surface area (Å²) in [5.41, 5.74) is 13.6. The van der Waals surface area contributed by atoms with Gasteiger partial charge in [-0.05, 0) is 46.5 Å². The van der Waals surface area contributed by atoms with Crippen LogP contribution in [0.1, 0.15) is 11.1 Å². The van der Waals surface area contributed by atoms with Crippen molar-refractivity contribution < 1.29 is 39.6 Å². The highest BCUT2D eigenvalue weighted by atomic mass is 16.3. The minimum Gasteiger partial charge on any atom is -0.503 e. The number of nitrogen functional groups attached to an aromatic ring is 2. The molecule has 4 atom stereocenters. The van der Waals surface area contributed by atoms with E-state index in [1.807, 2.05) is 0 Å². The van der Waals surface area contributed by atoms with Gasteiger partial charge in [0.2, 0.25) is 23.6 Å².